The summed E-state index contributed by atoms with van der Waals surface area (Å²) >= 11 is 1.74. The maximum absolute atomic E-state index is 12.8. The van der Waals surface area contributed by atoms with Gasteiger partial charge in [-0.05, 0) is 32.1 Å². The predicted octanol–water partition coefficient (Wildman–Crippen LogP) is 2.08. The minimum Gasteiger partial charge on any atom is -0.290 e. The van der Waals surface area contributed by atoms with Crippen LogP contribution < -0.4 is 5.56 Å². The summed E-state index contributed by atoms with van der Waals surface area (Å²) in [6.07, 6.45) is 7.06. The maximum atomic E-state index is 12.8. The van der Waals surface area contributed by atoms with Crippen LogP contribution in [0.5, 0.6) is 0 Å². The van der Waals surface area contributed by atoms with Gasteiger partial charge in [0.1, 0.15) is 10.5 Å². The molecule has 3 aromatic heterocycles. The van der Waals surface area contributed by atoms with E-state index in [-0.39, 0.29) is 5.56 Å². The van der Waals surface area contributed by atoms with Crippen LogP contribution in [0.4, 0.5) is 0 Å². The monoisotopic (exact) mass is 329 g/mol. The normalized spacial score (nSPS) is 14.3. The van der Waals surface area contributed by atoms with E-state index >= 15 is 0 Å². The molecule has 0 radical (unpaired) electrons. The van der Waals surface area contributed by atoms with E-state index in [1.807, 2.05) is 6.92 Å². The molecule has 0 aliphatic heterocycles. The molecule has 0 saturated heterocycles. The van der Waals surface area contributed by atoms with Crippen LogP contribution in [0.25, 0.3) is 11.0 Å². The molecule has 0 spiro atoms. The van der Waals surface area contributed by atoms with Gasteiger partial charge in [0.05, 0.1) is 24.3 Å². The smallest absolute Gasteiger partial charge is 0.279 e. The van der Waals surface area contributed by atoms with Crippen molar-refractivity contribution < 1.29 is 0 Å². The van der Waals surface area contributed by atoms with Gasteiger partial charge in [0, 0.05) is 11.9 Å². The number of hydrogen-bond acceptors (Lipinski definition) is 5. The van der Waals surface area contributed by atoms with Gasteiger partial charge in [-0.15, -0.1) is 11.3 Å². The summed E-state index contributed by atoms with van der Waals surface area (Å²) in [5.41, 5.74) is 3.35. The second-order valence-electron chi connectivity index (χ2n) is 5.98. The van der Waals surface area contributed by atoms with Crippen molar-refractivity contribution in [3.63, 3.8) is 0 Å². The first kappa shape index (κ1) is 14.6. The Bertz CT molecular complexity index is 912. The summed E-state index contributed by atoms with van der Waals surface area (Å²) < 4.78 is 3.29. The Hall–Kier alpha value is -2.02. The SMILES string of the molecule is CCc1nn(C)c2c(=O)n(Cc3nc4c(s3)CCCC4)cnc12. The van der Waals surface area contributed by atoms with Crippen molar-refractivity contribution in [2.75, 3.05) is 0 Å². The fourth-order valence-corrected chi connectivity index (χ4v) is 4.39. The zero-order valence-corrected chi connectivity index (χ0v) is 14.2. The van der Waals surface area contributed by atoms with Crippen LogP contribution in [-0.4, -0.2) is 24.3 Å². The number of nitrogens with zero attached hydrogens (tertiary/aromatic N) is 5. The standard InChI is InChI=1S/C16H19N5OS/c1-3-10-14-15(20(2)19-10)16(22)21(9-17-14)8-13-18-11-6-4-5-7-12(11)23-13/h9H,3-8H2,1-2H3. The van der Waals surface area contributed by atoms with E-state index in [0.29, 0.717) is 12.1 Å². The zero-order valence-electron chi connectivity index (χ0n) is 13.4. The summed E-state index contributed by atoms with van der Waals surface area (Å²) in [4.78, 5) is 23.3. The molecular formula is C16H19N5OS. The molecule has 0 amide bonds. The van der Waals surface area contributed by atoms with Crippen molar-refractivity contribution >= 4 is 22.4 Å². The largest absolute Gasteiger partial charge is 0.290 e. The Morgan fingerprint density at radius 3 is 2.91 bits per heavy atom. The molecule has 0 fully saturated rings. The predicted molar refractivity (Wildman–Crippen MR) is 90.0 cm³/mol. The highest BCUT2D eigenvalue weighted by Crippen LogP contribution is 2.27. The lowest BCUT2D eigenvalue weighted by Gasteiger charge is -2.06. The Kier molecular flexibility index (Phi) is 3.52. The first-order chi connectivity index (χ1) is 11.2. The number of hydrogen-bond donors (Lipinski definition) is 0. The van der Waals surface area contributed by atoms with E-state index in [4.69, 9.17) is 4.98 Å². The number of aryl methyl sites for hydroxylation is 4. The minimum absolute atomic E-state index is 0.0436. The van der Waals surface area contributed by atoms with E-state index in [1.165, 1.54) is 23.4 Å². The molecule has 3 aromatic rings. The van der Waals surface area contributed by atoms with Gasteiger partial charge >= 0.3 is 0 Å². The quantitative estimate of drug-likeness (QED) is 0.738. The fraction of sp³-hybridized carbons (Fsp3) is 0.500. The molecule has 1 aliphatic rings. The number of thiazole rings is 1. The van der Waals surface area contributed by atoms with Gasteiger partial charge in [0.25, 0.3) is 5.56 Å². The molecule has 0 saturated carbocycles. The molecule has 1 aliphatic carbocycles. The van der Waals surface area contributed by atoms with E-state index < -0.39 is 0 Å². The topological polar surface area (TPSA) is 65.6 Å². The summed E-state index contributed by atoms with van der Waals surface area (Å²) in [6, 6.07) is 0. The highest BCUT2D eigenvalue weighted by atomic mass is 32.1. The van der Waals surface area contributed by atoms with E-state index in [2.05, 4.69) is 10.1 Å². The molecule has 0 N–H and O–H groups in total. The molecule has 0 atom stereocenters. The molecule has 0 aromatic carbocycles. The lowest BCUT2D eigenvalue weighted by atomic mass is 10.0. The van der Waals surface area contributed by atoms with E-state index in [1.54, 1.807) is 34.0 Å². The molecule has 4 rings (SSSR count). The van der Waals surface area contributed by atoms with Crippen molar-refractivity contribution in [1.29, 1.82) is 0 Å². The van der Waals surface area contributed by atoms with Gasteiger partial charge < -0.3 is 0 Å². The van der Waals surface area contributed by atoms with Crippen LogP contribution in [0.1, 0.15) is 41.0 Å². The summed E-state index contributed by atoms with van der Waals surface area (Å²) in [7, 11) is 1.80. The van der Waals surface area contributed by atoms with Crippen molar-refractivity contribution in [2.24, 2.45) is 7.05 Å². The highest BCUT2D eigenvalue weighted by molar-refractivity contribution is 7.11. The van der Waals surface area contributed by atoms with Gasteiger partial charge in [0.2, 0.25) is 0 Å². The molecular weight excluding hydrogens is 310 g/mol. The van der Waals surface area contributed by atoms with Crippen molar-refractivity contribution in [3.05, 3.63) is 38.0 Å². The van der Waals surface area contributed by atoms with Crippen molar-refractivity contribution in [3.8, 4) is 0 Å². The number of aromatic nitrogens is 5. The minimum atomic E-state index is -0.0436. The van der Waals surface area contributed by atoms with Gasteiger partial charge in [-0.25, -0.2) is 9.97 Å². The lowest BCUT2D eigenvalue weighted by molar-refractivity contribution is 0.675. The second-order valence-corrected chi connectivity index (χ2v) is 7.15. The van der Waals surface area contributed by atoms with Crippen molar-refractivity contribution in [2.45, 2.75) is 45.6 Å². The average molecular weight is 329 g/mol. The van der Waals surface area contributed by atoms with Crippen LogP contribution in [-0.2, 0) is 32.9 Å². The molecule has 0 unspecified atom stereocenters. The Labute approximate surface area is 137 Å². The average Bonchev–Trinajstić information content (AvgIpc) is 3.10. The van der Waals surface area contributed by atoms with Gasteiger partial charge in [-0.3, -0.25) is 14.0 Å². The molecule has 23 heavy (non-hydrogen) atoms. The van der Waals surface area contributed by atoms with E-state index in [9.17, 15) is 4.79 Å². The number of rotatable bonds is 3. The summed E-state index contributed by atoms with van der Waals surface area (Å²) in [6.45, 7) is 2.52. The molecule has 6 nitrogen and oxygen atoms in total. The Morgan fingerprint density at radius 2 is 2.13 bits per heavy atom. The summed E-state index contributed by atoms with van der Waals surface area (Å²) in [5.74, 6) is 0. The van der Waals surface area contributed by atoms with Crippen molar-refractivity contribution in [1.82, 2.24) is 24.3 Å². The zero-order chi connectivity index (χ0) is 16.0. The Balaban J connectivity index is 1.75. The molecule has 0 bridgehead atoms. The molecule has 3 heterocycles. The molecule has 7 heteroatoms. The third kappa shape index (κ3) is 2.39. The second kappa shape index (κ2) is 5.56. The highest BCUT2D eigenvalue weighted by Gasteiger charge is 2.17. The van der Waals surface area contributed by atoms with Crippen LogP contribution in [0, 0.1) is 0 Å². The molecule has 120 valence electrons. The van der Waals surface area contributed by atoms with E-state index in [0.717, 1.165) is 35.5 Å². The fourth-order valence-electron chi connectivity index (χ4n) is 3.23. The van der Waals surface area contributed by atoms with Crippen LogP contribution in [0.2, 0.25) is 0 Å². The summed E-state index contributed by atoms with van der Waals surface area (Å²) in [5, 5.41) is 5.40. The van der Waals surface area contributed by atoms with Gasteiger partial charge in [-0.1, -0.05) is 6.92 Å². The maximum Gasteiger partial charge on any atom is 0.279 e. The van der Waals surface area contributed by atoms with Gasteiger partial charge in [-0.2, -0.15) is 5.10 Å². The van der Waals surface area contributed by atoms with Crippen LogP contribution in [0.3, 0.4) is 0 Å². The van der Waals surface area contributed by atoms with Crippen LogP contribution in [0.15, 0.2) is 11.1 Å². The number of fused-ring (bicyclic) bond motifs is 2. The first-order valence-corrected chi connectivity index (χ1v) is 8.87. The van der Waals surface area contributed by atoms with Crippen LogP contribution >= 0.6 is 11.3 Å². The third-order valence-corrected chi connectivity index (χ3v) is 5.55. The van der Waals surface area contributed by atoms with Gasteiger partial charge in [0.15, 0.2) is 5.52 Å². The Morgan fingerprint density at radius 1 is 1.30 bits per heavy atom. The first-order valence-electron chi connectivity index (χ1n) is 8.06. The third-order valence-electron chi connectivity index (χ3n) is 4.41. The lowest BCUT2D eigenvalue weighted by Crippen LogP contribution is -2.22.